The molecule has 6 nitrogen and oxygen atoms in total. The van der Waals surface area contributed by atoms with Gasteiger partial charge in [-0.2, -0.15) is 0 Å². The van der Waals surface area contributed by atoms with Gasteiger partial charge in [0.2, 0.25) is 0 Å². The Morgan fingerprint density at radius 3 is 2.86 bits per heavy atom. The summed E-state index contributed by atoms with van der Waals surface area (Å²) in [5, 5.41) is 4.68. The minimum atomic E-state index is -0.620. The molecule has 2 aliphatic heterocycles. The molecule has 29 heavy (non-hydrogen) atoms. The third kappa shape index (κ3) is 3.74. The lowest BCUT2D eigenvalue weighted by Crippen LogP contribution is -2.50. The summed E-state index contributed by atoms with van der Waals surface area (Å²) in [5.41, 5.74) is 0.459. The van der Waals surface area contributed by atoms with Crippen molar-refractivity contribution in [3.8, 4) is 0 Å². The van der Waals surface area contributed by atoms with Crippen LogP contribution < -0.4 is 5.32 Å². The van der Waals surface area contributed by atoms with Crippen LogP contribution in [0.15, 0.2) is 11.2 Å². The second kappa shape index (κ2) is 7.56. The number of aromatic nitrogens is 2. The normalized spacial score (nSPS) is 23.3. The number of nitrogens with zero attached hydrogens (tertiary/aromatic N) is 3. The number of hydrogen-bond acceptors (Lipinski definition) is 6. The summed E-state index contributed by atoms with van der Waals surface area (Å²) in [6, 6.07) is 0.131. The number of ether oxygens (including phenoxy) is 1. The first-order chi connectivity index (χ1) is 13.6. The second-order valence-electron chi connectivity index (χ2n) is 8.30. The molecule has 0 radical (unpaired) electrons. The average molecular weight is 551 g/mol. The molecular formula is C19H21ClFIN4O2S. The number of thioether (sulfide) groups is 1. The Labute approximate surface area is 191 Å². The smallest absolute Gasteiger partial charge is 0.410 e. The molecule has 0 unspecified atom stereocenters. The van der Waals surface area contributed by atoms with E-state index in [0.717, 1.165) is 20.7 Å². The van der Waals surface area contributed by atoms with Gasteiger partial charge in [-0.15, -0.1) is 11.8 Å². The molecule has 4 heterocycles. The third-order valence-corrected chi connectivity index (χ3v) is 7.63. The highest BCUT2D eigenvalue weighted by Gasteiger charge is 2.55. The number of hydrogen-bond donors (Lipinski definition) is 1. The highest BCUT2D eigenvalue weighted by Crippen LogP contribution is 2.45. The predicted octanol–water partition coefficient (Wildman–Crippen LogP) is 5.17. The number of pyridine rings is 2. The van der Waals surface area contributed by atoms with Crippen molar-refractivity contribution in [3.63, 3.8) is 0 Å². The minimum Gasteiger partial charge on any atom is -0.444 e. The molecule has 5 rings (SSSR count). The summed E-state index contributed by atoms with van der Waals surface area (Å²) >= 11 is 9.54. The Bertz CT molecular complexity index is 1000. The molecule has 10 heteroatoms. The third-order valence-electron chi connectivity index (χ3n) is 5.27. The summed E-state index contributed by atoms with van der Waals surface area (Å²) in [5.74, 6) is -0.291. The fourth-order valence-corrected chi connectivity index (χ4v) is 5.76. The maximum atomic E-state index is 14.6. The zero-order chi connectivity index (χ0) is 21.1. The van der Waals surface area contributed by atoms with Crippen molar-refractivity contribution in [2.24, 2.45) is 5.92 Å². The monoisotopic (exact) mass is 550 g/mol. The number of amides is 1. The SMILES string of the molecule is CSc1nc2c(F)c(Cl)ncc2c(N[C@H]2[C@@H]3C[C@H]2N(C(=O)OC(C)(C)C)C3)c1I. The van der Waals surface area contributed by atoms with E-state index in [9.17, 15) is 9.18 Å². The molecule has 3 aliphatic rings. The van der Waals surface area contributed by atoms with Crippen LogP contribution in [0.3, 0.4) is 0 Å². The van der Waals surface area contributed by atoms with E-state index in [1.165, 1.54) is 11.8 Å². The van der Waals surface area contributed by atoms with Crippen molar-refractivity contribution in [2.45, 2.75) is 49.9 Å². The molecule has 1 aliphatic carbocycles. The number of carbonyl (C=O) groups is 1. The molecule has 2 saturated heterocycles. The molecule has 1 N–H and O–H groups in total. The van der Waals surface area contributed by atoms with Crippen molar-refractivity contribution in [2.75, 3.05) is 18.1 Å². The number of fused-ring (bicyclic) bond motifs is 2. The van der Waals surface area contributed by atoms with E-state index >= 15 is 0 Å². The average Bonchev–Trinajstić information content (AvgIpc) is 3.22. The van der Waals surface area contributed by atoms with Gasteiger partial charge in [-0.1, -0.05) is 11.6 Å². The van der Waals surface area contributed by atoms with Crippen molar-refractivity contribution in [1.82, 2.24) is 14.9 Å². The Balaban J connectivity index is 1.65. The van der Waals surface area contributed by atoms with Crippen LogP contribution in [0.5, 0.6) is 0 Å². The maximum Gasteiger partial charge on any atom is 0.410 e. The highest BCUT2D eigenvalue weighted by molar-refractivity contribution is 14.1. The quantitative estimate of drug-likeness (QED) is 0.323. The van der Waals surface area contributed by atoms with Crippen molar-refractivity contribution in [3.05, 3.63) is 20.7 Å². The topological polar surface area (TPSA) is 67.4 Å². The van der Waals surface area contributed by atoms with Gasteiger partial charge in [0.15, 0.2) is 11.0 Å². The van der Waals surface area contributed by atoms with Gasteiger partial charge in [0.1, 0.15) is 16.1 Å². The molecule has 3 fully saturated rings. The molecule has 1 saturated carbocycles. The van der Waals surface area contributed by atoms with Gasteiger partial charge < -0.3 is 15.0 Å². The summed E-state index contributed by atoms with van der Waals surface area (Å²) in [6.45, 7) is 6.25. The van der Waals surface area contributed by atoms with Gasteiger partial charge in [-0.05, 0) is 56.0 Å². The van der Waals surface area contributed by atoms with Crippen molar-refractivity contribution >= 4 is 68.6 Å². The van der Waals surface area contributed by atoms with Crippen LogP contribution in [0.25, 0.3) is 10.9 Å². The molecule has 2 bridgehead atoms. The lowest BCUT2D eigenvalue weighted by Gasteiger charge is -2.38. The van der Waals surface area contributed by atoms with Gasteiger partial charge in [0.25, 0.3) is 0 Å². The summed E-state index contributed by atoms with van der Waals surface area (Å²) in [7, 11) is 0. The minimum absolute atomic E-state index is 0.0525. The van der Waals surface area contributed by atoms with E-state index < -0.39 is 11.4 Å². The molecular weight excluding hydrogens is 530 g/mol. The van der Waals surface area contributed by atoms with Gasteiger partial charge in [0.05, 0.1) is 21.3 Å². The Morgan fingerprint density at radius 1 is 1.48 bits per heavy atom. The molecule has 1 amide bonds. The largest absolute Gasteiger partial charge is 0.444 e. The molecule has 0 aromatic carbocycles. The molecule has 0 spiro atoms. The van der Waals surface area contributed by atoms with Crippen molar-refractivity contribution in [1.29, 1.82) is 0 Å². The van der Waals surface area contributed by atoms with E-state index in [-0.39, 0.29) is 28.8 Å². The zero-order valence-electron chi connectivity index (χ0n) is 16.4. The Kier molecular flexibility index (Phi) is 5.52. The van der Waals surface area contributed by atoms with Gasteiger partial charge in [-0.25, -0.2) is 19.2 Å². The molecule has 2 aromatic heterocycles. The van der Waals surface area contributed by atoms with Crippen LogP contribution in [0.2, 0.25) is 5.15 Å². The molecule has 2 aromatic rings. The first-order valence-corrected chi connectivity index (χ1v) is 11.9. The summed E-state index contributed by atoms with van der Waals surface area (Å²) in [6.07, 6.45) is 4.10. The highest BCUT2D eigenvalue weighted by atomic mass is 127. The number of carbonyl (C=O) groups excluding carboxylic acids is 1. The van der Waals surface area contributed by atoms with E-state index in [0.29, 0.717) is 17.8 Å². The Morgan fingerprint density at radius 2 is 2.21 bits per heavy atom. The Hall–Kier alpha value is -1.07. The van der Waals surface area contributed by atoms with E-state index in [2.05, 4.69) is 37.9 Å². The maximum absolute atomic E-state index is 14.6. The zero-order valence-corrected chi connectivity index (χ0v) is 20.2. The lowest BCUT2D eigenvalue weighted by atomic mass is 9.80. The fourth-order valence-electron chi connectivity index (χ4n) is 3.93. The fraction of sp³-hybridized carbons (Fsp3) is 0.526. The summed E-state index contributed by atoms with van der Waals surface area (Å²) < 4.78 is 21.0. The van der Waals surface area contributed by atoms with Gasteiger partial charge in [-0.3, -0.25) is 0 Å². The van der Waals surface area contributed by atoms with E-state index in [1.54, 1.807) is 11.1 Å². The van der Waals surface area contributed by atoms with Gasteiger partial charge in [0, 0.05) is 24.0 Å². The van der Waals surface area contributed by atoms with E-state index in [4.69, 9.17) is 16.3 Å². The first kappa shape index (κ1) is 21.2. The van der Waals surface area contributed by atoms with Crippen molar-refractivity contribution < 1.29 is 13.9 Å². The standard InChI is InChI=1S/C19H21ClFIN4O2S/c1-19(2,3)28-18(27)26-7-8-5-10(26)13(8)24-15-9-6-23-16(20)11(21)14(9)25-17(29-4)12(15)22/h6,8,10,13H,5,7H2,1-4H3,(H,24,25)/t8-,10-,13+/m1/s1. The van der Waals surface area contributed by atoms with Crippen LogP contribution in [0.4, 0.5) is 14.9 Å². The van der Waals surface area contributed by atoms with Gasteiger partial charge >= 0.3 is 6.09 Å². The van der Waals surface area contributed by atoms with Crippen LogP contribution in [0.1, 0.15) is 27.2 Å². The van der Waals surface area contributed by atoms with Crippen LogP contribution in [-0.4, -0.2) is 51.4 Å². The number of halogens is 3. The van der Waals surface area contributed by atoms with Crippen LogP contribution in [0, 0.1) is 15.3 Å². The first-order valence-electron chi connectivity index (χ1n) is 9.24. The number of nitrogens with one attached hydrogen (secondary N) is 1. The summed E-state index contributed by atoms with van der Waals surface area (Å²) in [4.78, 5) is 22.7. The van der Waals surface area contributed by atoms with Crippen LogP contribution >= 0.6 is 46.0 Å². The number of anilines is 1. The molecule has 156 valence electrons. The lowest BCUT2D eigenvalue weighted by molar-refractivity contribution is 0.0239. The second-order valence-corrected chi connectivity index (χ2v) is 10.5. The van der Waals surface area contributed by atoms with E-state index in [1.807, 2.05) is 27.0 Å². The molecule has 3 atom stereocenters. The number of rotatable bonds is 3. The predicted molar refractivity (Wildman–Crippen MR) is 121 cm³/mol. The van der Waals surface area contributed by atoms with Crippen LogP contribution in [-0.2, 0) is 4.74 Å².